The third-order valence-corrected chi connectivity index (χ3v) is 8.71. The van der Waals surface area contributed by atoms with E-state index in [1.54, 1.807) is 25.5 Å². The molecule has 2 aromatic heterocycles. The fourth-order valence-corrected chi connectivity index (χ4v) is 6.68. The SMILES string of the molecule is CCOC(=O)C1=C(C)N=c2sc(=Cc3cn(Cc4ccccc4Cl)c4ccccc34)c(=O)n2C1c1ccccc1OC. The summed E-state index contributed by atoms with van der Waals surface area (Å²) in [7, 11) is 1.57. The van der Waals surface area contributed by atoms with Gasteiger partial charge in [-0.3, -0.25) is 9.36 Å². The summed E-state index contributed by atoms with van der Waals surface area (Å²) in [5.74, 6) is 0.0581. The number of aromatic nitrogens is 2. The summed E-state index contributed by atoms with van der Waals surface area (Å²) in [5, 5.41) is 1.72. The Morgan fingerprint density at radius 2 is 1.81 bits per heavy atom. The van der Waals surface area contributed by atoms with Crippen LogP contribution >= 0.6 is 22.9 Å². The van der Waals surface area contributed by atoms with Crippen LogP contribution in [0.3, 0.4) is 0 Å². The summed E-state index contributed by atoms with van der Waals surface area (Å²) >= 11 is 7.77. The highest BCUT2D eigenvalue weighted by atomic mass is 35.5. The molecule has 0 spiro atoms. The summed E-state index contributed by atoms with van der Waals surface area (Å²) in [5.41, 5.74) is 4.20. The van der Waals surface area contributed by atoms with Crippen LogP contribution in [0.2, 0.25) is 5.02 Å². The number of para-hydroxylation sites is 2. The Morgan fingerprint density at radius 3 is 2.60 bits per heavy atom. The van der Waals surface area contributed by atoms with Crippen LogP contribution in [0.15, 0.2) is 100 Å². The Hall–Kier alpha value is -4.40. The predicted octanol–water partition coefficient (Wildman–Crippen LogP) is 5.46. The van der Waals surface area contributed by atoms with Gasteiger partial charge in [-0.2, -0.15) is 0 Å². The van der Waals surface area contributed by atoms with Crippen LogP contribution in [0.1, 0.15) is 36.6 Å². The van der Waals surface area contributed by atoms with E-state index in [1.165, 1.54) is 11.3 Å². The van der Waals surface area contributed by atoms with Crippen molar-refractivity contribution in [3.63, 3.8) is 0 Å². The van der Waals surface area contributed by atoms with Crippen molar-refractivity contribution in [3.05, 3.63) is 132 Å². The predicted molar refractivity (Wildman–Crippen MR) is 166 cm³/mol. The number of benzene rings is 3. The van der Waals surface area contributed by atoms with Gasteiger partial charge in [-0.05, 0) is 43.7 Å². The Balaban J connectivity index is 1.54. The molecule has 212 valence electrons. The highest BCUT2D eigenvalue weighted by Gasteiger charge is 2.35. The van der Waals surface area contributed by atoms with Gasteiger partial charge in [0, 0.05) is 39.8 Å². The molecule has 1 aliphatic rings. The van der Waals surface area contributed by atoms with Gasteiger partial charge in [0.15, 0.2) is 4.80 Å². The number of hydrogen-bond donors (Lipinski definition) is 0. The second kappa shape index (κ2) is 11.5. The van der Waals surface area contributed by atoms with Gasteiger partial charge in [0.2, 0.25) is 0 Å². The van der Waals surface area contributed by atoms with Crippen molar-refractivity contribution >= 4 is 45.9 Å². The third-order valence-electron chi connectivity index (χ3n) is 7.36. The first-order chi connectivity index (χ1) is 20.4. The zero-order chi connectivity index (χ0) is 29.4. The van der Waals surface area contributed by atoms with Crippen molar-refractivity contribution in [2.45, 2.75) is 26.4 Å². The van der Waals surface area contributed by atoms with E-state index in [9.17, 15) is 9.59 Å². The van der Waals surface area contributed by atoms with E-state index in [0.29, 0.717) is 43.5 Å². The minimum absolute atomic E-state index is 0.205. The average Bonchev–Trinajstić information content (AvgIpc) is 3.49. The van der Waals surface area contributed by atoms with Crippen molar-refractivity contribution in [1.82, 2.24) is 9.13 Å². The molecule has 0 aliphatic carbocycles. The molecule has 42 heavy (non-hydrogen) atoms. The maximum absolute atomic E-state index is 14.2. The Morgan fingerprint density at radius 1 is 1.07 bits per heavy atom. The summed E-state index contributed by atoms with van der Waals surface area (Å²) < 4.78 is 15.3. The largest absolute Gasteiger partial charge is 0.496 e. The fourth-order valence-electron chi connectivity index (χ4n) is 5.45. The zero-order valence-corrected chi connectivity index (χ0v) is 24.9. The van der Waals surface area contributed by atoms with E-state index in [1.807, 2.05) is 79.0 Å². The molecule has 0 bridgehead atoms. The zero-order valence-electron chi connectivity index (χ0n) is 23.3. The van der Waals surface area contributed by atoms with Crippen LogP contribution in [0.25, 0.3) is 17.0 Å². The molecule has 0 saturated carbocycles. The van der Waals surface area contributed by atoms with Gasteiger partial charge in [0.1, 0.15) is 11.8 Å². The van der Waals surface area contributed by atoms with Crippen molar-refractivity contribution in [1.29, 1.82) is 0 Å². The number of fused-ring (bicyclic) bond motifs is 2. The first-order valence-corrected chi connectivity index (χ1v) is 14.7. The second-order valence-electron chi connectivity index (χ2n) is 9.87. The number of allylic oxidation sites excluding steroid dienone is 1. The number of methoxy groups -OCH3 is 1. The number of ether oxygens (including phenoxy) is 2. The highest BCUT2D eigenvalue weighted by molar-refractivity contribution is 7.07. The van der Waals surface area contributed by atoms with Gasteiger partial charge < -0.3 is 14.0 Å². The number of carbonyl (C=O) groups is 1. The maximum atomic E-state index is 14.2. The molecular formula is C33H28ClN3O4S. The number of halogens is 1. The Kier molecular flexibility index (Phi) is 7.58. The van der Waals surface area contributed by atoms with Gasteiger partial charge in [-0.25, -0.2) is 9.79 Å². The van der Waals surface area contributed by atoms with Crippen molar-refractivity contribution in [2.75, 3.05) is 13.7 Å². The van der Waals surface area contributed by atoms with Crippen LogP contribution in [-0.4, -0.2) is 28.8 Å². The summed E-state index contributed by atoms with van der Waals surface area (Å²) in [4.78, 5) is 32.6. The van der Waals surface area contributed by atoms with E-state index >= 15 is 0 Å². The number of esters is 1. The smallest absolute Gasteiger partial charge is 0.338 e. The lowest BCUT2D eigenvalue weighted by Gasteiger charge is -2.25. The van der Waals surface area contributed by atoms with Crippen LogP contribution in [0.4, 0.5) is 0 Å². The molecule has 0 saturated heterocycles. The first kappa shape index (κ1) is 27.8. The first-order valence-electron chi connectivity index (χ1n) is 13.5. The molecule has 6 rings (SSSR count). The molecule has 1 atom stereocenters. The normalized spacial score (nSPS) is 15.0. The number of rotatable bonds is 7. The van der Waals surface area contributed by atoms with E-state index in [4.69, 9.17) is 26.1 Å². The minimum Gasteiger partial charge on any atom is -0.496 e. The highest BCUT2D eigenvalue weighted by Crippen LogP contribution is 2.35. The van der Waals surface area contributed by atoms with E-state index in [2.05, 4.69) is 10.6 Å². The van der Waals surface area contributed by atoms with Crippen LogP contribution in [0, 0.1) is 0 Å². The van der Waals surface area contributed by atoms with E-state index in [-0.39, 0.29) is 12.2 Å². The average molecular weight is 598 g/mol. The molecular weight excluding hydrogens is 570 g/mol. The second-order valence-corrected chi connectivity index (χ2v) is 11.3. The van der Waals surface area contributed by atoms with E-state index in [0.717, 1.165) is 22.0 Å². The van der Waals surface area contributed by atoms with Gasteiger partial charge in [-0.1, -0.05) is 77.5 Å². The monoisotopic (exact) mass is 597 g/mol. The lowest BCUT2D eigenvalue weighted by atomic mass is 9.95. The quantitative estimate of drug-likeness (QED) is 0.233. The molecule has 0 fully saturated rings. The van der Waals surface area contributed by atoms with Crippen molar-refractivity contribution in [2.24, 2.45) is 4.99 Å². The lowest BCUT2D eigenvalue weighted by Crippen LogP contribution is -2.40. The van der Waals surface area contributed by atoms with Crippen LogP contribution < -0.4 is 19.6 Å². The van der Waals surface area contributed by atoms with E-state index < -0.39 is 12.0 Å². The number of nitrogens with zero attached hydrogens (tertiary/aromatic N) is 3. The molecule has 3 aromatic carbocycles. The molecule has 5 aromatic rings. The Bertz CT molecular complexity index is 2050. The topological polar surface area (TPSA) is 74.8 Å². The van der Waals surface area contributed by atoms with Crippen LogP contribution in [-0.2, 0) is 16.1 Å². The molecule has 9 heteroatoms. The lowest BCUT2D eigenvalue weighted by molar-refractivity contribution is -0.139. The summed E-state index contributed by atoms with van der Waals surface area (Å²) in [6, 6.07) is 22.5. The maximum Gasteiger partial charge on any atom is 0.338 e. The molecule has 1 aliphatic heterocycles. The molecule has 1 unspecified atom stereocenters. The number of hydrogen-bond acceptors (Lipinski definition) is 6. The minimum atomic E-state index is -0.750. The fraction of sp³-hybridized carbons (Fsp3) is 0.182. The molecule has 0 N–H and O–H groups in total. The summed E-state index contributed by atoms with van der Waals surface area (Å²) in [6.07, 6.45) is 3.94. The van der Waals surface area contributed by atoms with Gasteiger partial charge in [-0.15, -0.1) is 0 Å². The third kappa shape index (κ3) is 4.86. The molecule has 3 heterocycles. The Labute approximate surface area is 251 Å². The molecule has 0 radical (unpaired) electrons. The van der Waals surface area contributed by atoms with Crippen molar-refractivity contribution < 1.29 is 14.3 Å². The number of thiazole rings is 1. The van der Waals surface area contributed by atoms with Crippen LogP contribution in [0.5, 0.6) is 5.75 Å². The van der Waals surface area contributed by atoms with Gasteiger partial charge >= 0.3 is 5.97 Å². The standard InChI is InChI=1S/C33H28ClN3O4S/c1-4-41-32(39)29-20(2)35-33-37(30(29)24-13-7-10-16-27(24)40-3)31(38)28(42-33)17-22-19-36(26-15-9-6-12-23(22)26)18-21-11-5-8-14-25(21)34/h5-17,19,30H,4,18H2,1-3H3. The summed E-state index contributed by atoms with van der Waals surface area (Å²) in [6.45, 7) is 4.32. The van der Waals surface area contributed by atoms with Crippen molar-refractivity contribution in [3.8, 4) is 5.75 Å². The molecule has 0 amide bonds. The molecule has 7 nitrogen and oxygen atoms in total. The van der Waals surface area contributed by atoms with Gasteiger partial charge in [0.25, 0.3) is 5.56 Å². The number of carbonyl (C=O) groups excluding carboxylic acids is 1. The van der Waals surface area contributed by atoms with Gasteiger partial charge in [0.05, 0.1) is 29.5 Å².